The van der Waals surface area contributed by atoms with Crippen LogP contribution in [0.3, 0.4) is 0 Å². The Bertz CT molecular complexity index is 541. The molecule has 1 saturated heterocycles. The van der Waals surface area contributed by atoms with Crippen molar-refractivity contribution in [2.75, 3.05) is 20.2 Å². The van der Waals surface area contributed by atoms with Crippen LogP contribution in [0.4, 0.5) is 0 Å². The number of ketones is 2. The highest BCUT2D eigenvalue weighted by molar-refractivity contribution is 6.27. The summed E-state index contributed by atoms with van der Waals surface area (Å²) in [5, 5.41) is 0. The summed E-state index contributed by atoms with van der Waals surface area (Å²) in [5.41, 5.74) is 0.389. The number of methoxy groups -OCH3 is 1. The number of Topliss-reactive ketones (excluding diaryl/α,β-unsaturated/α-hetero) is 2. The van der Waals surface area contributed by atoms with Crippen molar-refractivity contribution in [1.29, 1.82) is 0 Å². The van der Waals surface area contributed by atoms with E-state index in [4.69, 9.17) is 4.74 Å². The zero-order valence-corrected chi connectivity index (χ0v) is 14.6. The van der Waals surface area contributed by atoms with Crippen molar-refractivity contribution < 1.29 is 19.1 Å². The van der Waals surface area contributed by atoms with Crippen LogP contribution >= 0.6 is 0 Å². The van der Waals surface area contributed by atoms with E-state index in [1.54, 1.807) is 13.8 Å². The molecule has 0 spiro atoms. The number of nitrogens with zero attached hydrogens (tertiary/aromatic N) is 1. The second-order valence-electron chi connectivity index (χ2n) is 7.17. The van der Waals surface area contributed by atoms with Crippen LogP contribution in [0.5, 0.6) is 0 Å². The molecule has 1 aliphatic carbocycles. The molecule has 0 N–H and O–H groups in total. The van der Waals surface area contributed by atoms with Crippen molar-refractivity contribution in [1.82, 2.24) is 4.90 Å². The molecule has 1 saturated carbocycles. The van der Waals surface area contributed by atoms with Gasteiger partial charge in [-0.1, -0.05) is 27.2 Å². The van der Waals surface area contributed by atoms with E-state index >= 15 is 0 Å². The molecule has 128 valence electrons. The third-order valence-corrected chi connectivity index (χ3v) is 4.89. The molecule has 2 aliphatic rings. The third-order valence-electron chi connectivity index (χ3n) is 4.89. The molecule has 0 radical (unpaired) electrons. The van der Waals surface area contributed by atoms with E-state index in [9.17, 15) is 14.4 Å². The van der Waals surface area contributed by atoms with Crippen LogP contribution in [0, 0.1) is 11.3 Å². The lowest BCUT2D eigenvalue weighted by molar-refractivity contribution is -0.155. The van der Waals surface area contributed by atoms with Gasteiger partial charge in [-0.25, -0.2) is 0 Å². The Morgan fingerprint density at radius 1 is 1.26 bits per heavy atom. The van der Waals surface area contributed by atoms with Gasteiger partial charge in [0.2, 0.25) is 0 Å². The number of rotatable bonds is 4. The minimum Gasteiger partial charge on any atom is -0.468 e. The van der Waals surface area contributed by atoms with Crippen LogP contribution in [0.25, 0.3) is 0 Å². The van der Waals surface area contributed by atoms with Crippen LogP contribution in [-0.4, -0.2) is 42.6 Å². The lowest BCUT2D eigenvalue weighted by Crippen LogP contribution is -2.47. The highest BCUT2D eigenvalue weighted by atomic mass is 16.5. The second-order valence-corrected chi connectivity index (χ2v) is 7.17. The Morgan fingerprint density at radius 2 is 1.87 bits per heavy atom. The quantitative estimate of drug-likeness (QED) is 0.344. The van der Waals surface area contributed by atoms with E-state index in [0.29, 0.717) is 6.42 Å². The number of hydrogen-bond donors (Lipinski definition) is 0. The maximum absolute atomic E-state index is 13.0. The maximum Gasteiger partial charge on any atom is 0.317 e. The molecule has 0 amide bonds. The molecule has 1 atom stereocenters. The molecular formula is C18H27NO4. The van der Waals surface area contributed by atoms with Crippen molar-refractivity contribution in [2.24, 2.45) is 11.3 Å². The van der Waals surface area contributed by atoms with E-state index in [1.165, 1.54) is 7.11 Å². The number of carbonyl (C=O) groups excluding carboxylic acids is 3. The summed E-state index contributed by atoms with van der Waals surface area (Å²) in [6.45, 7) is 7.38. The summed E-state index contributed by atoms with van der Waals surface area (Å²) in [4.78, 5) is 40.0. The van der Waals surface area contributed by atoms with Crippen molar-refractivity contribution in [2.45, 2.75) is 52.9 Å². The van der Waals surface area contributed by atoms with Gasteiger partial charge in [0.05, 0.1) is 12.7 Å². The average molecular weight is 321 g/mol. The van der Waals surface area contributed by atoms with E-state index in [-0.39, 0.29) is 23.6 Å². The SMILES string of the molecule is CCC/C(=C1\C(=O)CC(C)(C)[C@@H](C(=O)OC)C1=O)N1CCCC1. The Kier molecular flexibility index (Phi) is 5.27. The second kappa shape index (κ2) is 6.85. The predicted molar refractivity (Wildman–Crippen MR) is 86.7 cm³/mol. The Hall–Kier alpha value is -1.65. The summed E-state index contributed by atoms with van der Waals surface area (Å²) >= 11 is 0. The van der Waals surface area contributed by atoms with Gasteiger partial charge < -0.3 is 9.64 Å². The van der Waals surface area contributed by atoms with Crippen molar-refractivity contribution in [3.63, 3.8) is 0 Å². The van der Waals surface area contributed by atoms with Crippen LogP contribution in [-0.2, 0) is 19.1 Å². The summed E-state index contributed by atoms with van der Waals surface area (Å²) in [5.74, 6) is -1.92. The van der Waals surface area contributed by atoms with Crippen LogP contribution in [0.15, 0.2) is 11.3 Å². The molecular weight excluding hydrogens is 294 g/mol. The van der Waals surface area contributed by atoms with E-state index in [0.717, 1.165) is 38.0 Å². The molecule has 0 aromatic rings. The topological polar surface area (TPSA) is 63.7 Å². The number of allylic oxidation sites excluding steroid dienone is 2. The monoisotopic (exact) mass is 321 g/mol. The van der Waals surface area contributed by atoms with Gasteiger partial charge in [-0.2, -0.15) is 0 Å². The molecule has 0 unspecified atom stereocenters. The van der Waals surface area contributed by atoms with Gasteiger partial charge >= 0.3 is 5.97 Å². The summed E-state index contributed by atoms with van der Waals surface area (Å²) in [6, 6.07) is 0. The van der Waals surface area contributed by atoms with Crippen molar-refractivity contribution in [3.8, 4) is 0 Å². The average Bonchev–Trinajstić information content (AvgIpc) is 2.98. The fraction of sp³-hybridized carbons (Fsp3) is 0.722. The van der Waals surface area contributed by atoms with Gasteiger partial charge in [0, 0.05) is 25.2 Å². The Balaban J connectivity index is 2.50. The summed E-state index contributed by atoms with van der Waals surface area (Å²) < 4.78 is 4.84. The van der Waals surface area contributed by atoms with Gasteiger partial charge in [-0.05, 0) is 24.7 Å². The molecule has 2 fully saturated rings. The van der Waals surface area contributed by atoms with Gasteiger partial charge in [-0.15, -0.1) is 0 Å². The fourth-order valence-corrected chi connectivity index (χ4v) is 3.75. The Labute approximate surface area is 138 Å². The number of carbonyl (C=O) groups is 3. The molecule has 0 aromatic heterocycles. The molecule has 5 nitrogen and oxygen atoms in total. The van der Waals surface area contributed by atoms with Crippen molar-refractivity contribution in [3.05, 3.63) is 11.3 Å². The first-order valence-corrected chi connectivity index (χ1v) is 8.46. The zero-order chi connectivity index (χ0) is 17.2. The minimum absolute atomic E-state index is 0.129. The maximum atomic E-state index is 13.0. The molecule has 1 heterocycles. The smallest absolute Gasteiger partial charge is 0.317 e. The predicted octanol–water partition coefficient (Wildman–Crippen LogP) is 2.49. The van der Waals surface area contributed by atoms with Gasteiger partial charge in [0.1, 0.15) is 5.92 Å². The van der Waals surface area contributed by atoms with E-state index in [2.05, 4.69) is 4.90 Å². The van der Waals surface area contributed by atoms with Gasteiger partial charge in [0.15, 0.2) is 11.6 Å². The van der Waals surface area contributed by atoms with Gasteiger partial charge in [-0.3, -0.25) is 14.4 Å². The molecule has 23 heavy (non-hydrogen) atoms. The number of hydrogen-bond acceptors (Lipinski definition) is 5. The lowest BCUT2D eigenvalue weighted by atomic mass is 9.65. The normalized spacial score (nSPS) is 26.4. The van der Waals surface area contributed by atoms with Gasteiger partial charge in [0.25, 0.3) is 0 Å². The largest absolute Gasteiger partial charge is 0.468 e. The van der Waals surface area contributed by atoms with Crippen LogP contribution in [0.1, 0.15) is 52.9 Å². The number of esters is 1. The van der Waals surface area contributed by atoms with E-state index in [1.807, 2.05) is 6.92 Å². The molecule has 0 bridgehead atoms. The van der Waals surface area contributed by atoms with Crippen molar-refractivity contribution >= 4 is 17.5 Å². The summed E-state index contributed by atoms with van der Waals surface area (Å²) in [7, 11) is 1.29. The first-order valence-electron chi connectivity index (χ1n) is 8.46. The molecule has 2 rings (SSSR count). The lowest BCUT2D eigenvalue weighted by Gasteiger charge is -2.37. The highest BCUT2D eigenvalue weighted by Crippen LogP contribution is 2.41. The molecule has 5 heteroatoms. The highest BCUT2D eigenvalue weighted by Gasteiger charge is 2.50. The first kappa shape index (κ1) is 17.7. The minimum atomic E-state index is -0.894. The molecule has 0 aromatic carbocycles. The number of likely N-dealkylation sites (tertiary alicyclic amines) is 1. The Morgan fingerprint density at radius 3 is 2.39 bits per heavy atom. The third kappa shape index (κ3) is 3.33. The molecule has 1 aliphatic heterocycles. The number of ether oxygens (including phenoxy) is 1. The zero-order valence-electron chi connectivity index (χ0n) is 14.6. The van der Waals surface area contributed by atoms with Crippen LogP contribution < -0.4 is 0 Å². The summed E-state index contributed by atoms with van der Waals surface area (Å²) in [6.07, 6.45) is 3.92. The van der Waals surface area contributed by atoms with E-state index < -0.39 is 17.3 Å². The standard InChI is InChI=1S/C18H27NO4/c1-5-8-12(19-9-6-7-10-19)14-13(20)11-18(2,3)15(16(14)21)17(22)23-4/h15H,5-11H2,1-4H3/b14-12-/t15-/m1/s1. The van der Waals surface area contributed by atoms with Crippen LogP contribution in [0.2, 0.25) is 0 Å². The first-order chi connectivity index (χ1) is 10.8. The fourth-order valence-electron chi connectivity index (χ4n) is 3.75.